The van der Waals surface area contributed by atoms with Crippen molar-refractivity contribution in [2.45, 2.75) is 6.92 Å². The fourth-order valence-electron chi connectivity index (χ4n) is 1.25. The van der Waals surface area contributed by atoms with Crippen molar-refractivity contribution < 1.29 is 9.94 Å². The van der Waals surface area contributed by atoms with Gasteiger partial charge >= 0.3 is 0 Å². The van der Waals surface area contributed by atoms with Crippen molar-refractivity contribution in [2.75, 3.05) is 27.2 Å². The molecule has 1 aromatic heterocycles. The van der Waals surface area contributed by atoms with Crippen LogP contribution in [0.1, 0.15) is 11.3 Å². The van der Waals surface area contributed by atoms with Crippen molar-refractivity contribution in [3.8, 4) is 5.88 Å². The molecule has 3 N–H and O–H groups in total. The highest BCUT2D eigenvalue weighted by Gasteiger charge is 2.05. The van der Waals surface area contributed by atoms with Gasteiger partial charge < -0.3 is 20.6 Å². The molecule has 0 radical (unpaired) electrons. The Labute approximate surface area is 101 Å². The van der Waals surface area contributed by atoms with Crippen LogP contribution in [0.25, 0.3) is 0 Å². The van der Waals surface area contributed by atoms with Gasteiger partial charge in [0.15, 0.2) is 5.84 Å². The quantitative estimate of drug-likeness (QED) is 0.336. The number of nitrogens with zero attached hydrogens (tertiary/aromatic N) is 3. The smallest absolute Gasteiger partial charge is 0.214 e. The minimum atomic E-state index is 0.0490. The summed E-state index contributed by atoms with van der Waals surface area (Å²) in [5.41, 5.74) is 6.87. The van der Waals surface area contributed by atoms with Crippen molar-refractivity contribution in [3.63, 3.8) is 0 Å². The van der Waals surface area contributed by atoms with E-state index in [-0.39, 0.29) is 5.84 Å². The van der Waals surface area contributed by atoms with E-state index < -0.39 is 0 Å². The molecule has 0 aromatic carbocycles. The molecular formula is C11H18N4O2. The Kier molecular flexibility index (Phi) is 4.71. The largest absolute Gasteiger partial charge is 0.476 e. The van der Waals surface area contributed by atoms with Crippen LogP contribution < -0.4 is 10.5 Å². The summed E-state index contributed by atoms with van der Waals surface area (Å²) in [6, 6.07) is 3.38. The summed E-state index contributed by atoms with van der Waals surface area (Å²) in [5.74, 6) is 0.529. The molecule has 0 saturated carbocycles. The Morgan fingerprint density at radius 2 is 2.24 bits per heavy atom. The lowest BCUT2D eigenvalue weighted by molar-refractivity contribution is 0.253. The molecule has 0 aliphatic carbocycles. The second-order valence-electron chi connectivity index (χ2n) is 3.97. The van der Waals surface area contributed by atoms with Gasteiger partial charge in [-0.05, 0) is 27.1 Å². The number of aromatic nitrogens is 1. The van der Waals surface area contributed by atoms with Gasteiger partial charge in [-0.15, -0.1) is 0 Å². The number of rotatable bonds is 5. The number of nitrogens with two attached hydrogens (primary N) is 1. The lowest BCUT2D eigenvalue weighted by Crippen LogP contribution is -2.20. The summed E-state index contributed by atoms with van der Waals surface area (Å²) < 4.78 is 5.49. The highest BCUT2D eigenvalue weighted by Crippen LogP contribution is 2.12. The predicted octanol–water partition coefficient (Wildman–Crippen LogP) is 0.425. The van der Waals surface area contributed by atoms with Crippen molar-refractivity contribution >= 4 is 5.84 Å². The molecule has 6 heteroatoms. The summed E-state index contributed by atoms with van der Waals surface area (Å²) in [6.07, 6.45) is 0. The molecule has 0 saturated heterocycles. The average Bonchev–Trinajstić information content (AvgIpc) is 2.26. The zero-order valence-electron chi connectivity index (χ0n) is 10.3. The first kappa shape index (κ1) is 13.2. The molecule has 0 spiro atoms. The summed E-state index contributed by atoms with van der Waals surface area (Å²) in [6.45, 7) is 3.17. The van der Waals surface area contributed by atoms with Crippen LogP contribution in [0.15, 0.2) is 17.3 Å². The summed E-state index contributed by atoms with van der Waals surface area (Å²) in [5, 5.41) is 11.6. The molecule has 0 atom stereocenters. The number of oxime groups is 1. The van der Waals surface area contributed by atoms with Crippen LogP contribution in [0, 0.1) is 6.92 Å². The topological polar surface area (TPSA) is 84.0 Å². The molecule has 1 heterocycles. The standard InChI is InChI=1S/C11H18N4O2/c1-8-6-9(11(12)14-16)7-10(13-8)17-5-4-15(2)3/h6-7,16H,4-5H2,1-3H3,(H2,12,14). The Morgan fingerprint density at radius 3 is 2.82 bits per heavy atom. The zero-order chi connectivity index (χ0) is 12.8. The van der Waals surface area contributed by atoms with Crippen LogP contribution in [0.5, 0.6) is 5.88 Å². The Bertz CT molecular complexity index is 404. The van der Waals surface area contributed by atoms with E-state index >= 15 is 0 Å². The van der Waals surface area contributed by atoms with E-state index in [0.717, 1.165) is 12.2 Å². The highest BCUT2D eigenvalue weighted by molar-refractivity contribution is 5.97. The van der Waals surface area contributed by atoms with Crippen LogP contribution in [0.4, 0.5) is 0 Å². The van der Waals surface area contributed by atoms with Crippen molar-refractivity contribution in [2.24, 2.45) is 10.9 Å². The molecular weight excluding hydrogens is 220 g/mol. The number of pyridine rings is 1. The Morgan fingerprint density at radius 1 is 1.53 bits per heavy atom. The summed E-state index contributed by atoms with van der Waals surface area (Å²) in [4.78, 5) is 6.23. The van der Waals surface area contributed by atoms with Crippen LogP contribution in [-0.4, -0.2) is 48.2 Å². The molecule has 6 nitrogen and oxygen atoms in total. The number of amidine groups is 1. The molecule has 17 heavy (non-hydrogen) atoms. The molecule has 94 valence electrons. The fourth-order valence-corrected chi connectivity index (χ4v) is 1.25. The van der Waals surface area contributed by atoms with E-state index in [4.69, 9.17) is 15.7 Å². The maximum atomic E-state index is 8.61. The second kappa shape index (κ2) is 6.05. The van der Waals surface area contributed by atoms with Crippen molar-refractivity contribution in [1.29, 1.82) is 0 Å². The number of aryl methyl sites for hydroxylation is 1. The summed E-state index contributed by atoms with van der Waals surface area (Å²) >= 11 is 0. The molecule has 0 fully saturated rings. The first-order valence-corrected chi connectivity index (χ1v) is 5.27. The molecule has 1 rings (SSSR count). The number of hydrogen-bond donors (Lipinski definition) is 2. The zero-order valence-corrected chi connectivity index (χ0v) is 10.3. The maximum Gasteiger partial charge on any atom is 0.214 e. The van der Waals surface area contributed by atoms with Crippen LogP contribution >= 0.6 is 0 Å². The van der Waals surface area contributed by atoms with Crippen LogP contribution in [-0.2, 0) is 0 Å². The first-order chi connectivity index (χ1) is 8.02. The molecule has 0 aliphatic heterocycles. The van der Waals surface area contributed by atoms with Gasteiger partial charge in [0.1, 0.15) is 6.61 Å². The number of ether oxygens (including phenoxy) is 1. The van der Waals surface area contributed by atoms with Gasteiger partial charge in [-0.3, -0.25) is 0 Å². The third-order valence-electron chi connectivity index (χ3n) is 2.12. The van der Waals surface area contributed by atoms with Crippen LogP contribution in [0.2, 0.25) is 0 Å². The molecule has 0 bridgehead atoms. The Balaban J connectivity index is 2.76. The average molecular weight is 238 g/mol. The lowest BCUT2D eigenvalue weighted by atomic mass is 10.2. The van der Waals surface area contributed by atoms with Gasteiger partial charge in [-0.1, -0.05) is 5.16 Å². The van der Waals surface area contributed by atoms with Gasteiger partial charge in [-0.25, -0.2) is 4.98 Å². The van der Waals surface area contributed by atoms with Gasteiger partial charge in [0, 0.05) is 23.9 Å². The monoisotopic (exact) mass is 238 g/mol. The van der Waals surface area contributed by atoms with Gasteiger partial charge in [0.2, 0.25) is 5.88 Å². The van der Waals surface area contributed by atoms with E-state index in [2.05, 4.69) is 10.1 Å². The van der Waals surface area contributed by atoms with Crippen molar-refractivity contribution in [1.82, 2.24) is 9.88 Å². The Hall–Kier alpha value is -1.82. The van der Waals surface area contributed by atoms with Gasteiger partial charge in [0.05, 0.1) is 0 Å². The lowest BCUT2D eigenvalue weighted by Gasteiger charge is -2.11. The van der Waals surface area contributed by atoms with E-state index in [1.54, 1.807) is 12.1 Å². The van der Waals surface area contributed by atoms with Crippen LogP contribution in [0.3, 0.4) is 0 Å². The van der Waals surface area contributed by atoms with E-state index in [0.29, 0.717) is 18.1 Å². The highest BCUT2D eigenvalue weighted by atomic mass is 16.5. The third kappa shape index (κ3) is 4.28. The van der Waals surface area contributed by atoms with E-state index in [9.17, 15) is 0 Å². The molecule has 1 aromatic rings. The fraction of sp³-hybridized carbons (Fsp3) is 0.455. The van der Waals surface area contributed by atoms with E-state index in [1.165, 1.54) is 0 Å². The first-order valence-electron chi connectivity index (χ1n) is 5.27. The molecule has 0 amide bonds. The van der Waals surface area contributed by atoms with Gasteiger partial charge in [0.25, 0.3) is 0 Å². The number of likely N-dealkylation sites (N-methyl/N-ethyl adjacent to an activating group) is 1. The maximum absolute atomic E-state index is 8.61. The normalized spacial score (nSPS) is 11.9. The molecule has 0 unspecified atom stereocenters. The minimum Gasteiger partial charge on any atom is -0.476 e. The predicted molar refractivity (Wildman–Crippen MR) is 65.5 cm³/mol. The SMILES string of the molecule is Cc1cc(/C(N)=N/O)cc(OCCN(C)C)n1. The van der Waals surface area contributed by atoms with Gasteiger partial charge in [-0.2, -0.15) is 0 Å². The summed E-state index contributed by atoms with van der Waals surface area (Å²) in [7, 11) is 3.93. The van der Waals surface area contributed by atoms with E-state index in [1.807, 2.05) is 25.9 Å². The number of hydrogen-bond acceptors (Lipinski definition) is 5. The third-order valence-corrected chi connectivity index (χ3v) is 2.12. The second-order valence-corrected chi connectivity index (χ2v) is 3.97. The van der Waals surface area contributed by atoms with Crippen molar-refractivity contribution in [3.05, 3.63) is 23.4 Å². The minimum absolute atomic E-state index is 0.0490. The molecule has 0 aliphatic rings.